The van der Waals surface area contributed by atoms with Gasteiger partial charge >= 0.3 is 11.8 Å². The van der Waals surface area contributed by atoms with Crippen LogP contribution >= 0.6 is 0 Å². The highest BCUT2D eigenvalue weighted by Crippen LogP contribution is 2.15. The average molecular weight is 292 g/mol. The van der Waals surface area contributed by atoms with Crippen LogP contribution in [-0.4, -0.2) is 29.6 Å². The number of carbonyl (C=O) groups excluding carboxylic acids is 2. The third kappa shape index (κ3) is 5.55. The lowest BCUT2D eigenvalue weighted by atomic mass is 10.1. The number of anilines is 1. The van der Waals surface area contributed by atoms with E-state index in [4.69, 9.17) is 0 Å². The summed E-state index contributed by atoms with van der Waals surface area (Å²) in [6, 6.07) is 5.58. The first-order chi connectivity index (χ1) is 9.97. The lowest BCUT2D eigenvalue weighted by molar-refractivity contribution is -0.136. The van der Waals surface area contributed by atoms with Crippen molar-refractivity contribution in [2.75, 3.05) is 11.9 Å². The molecule has 0 bridgehead atoms. The van der Waals surface area contributed by atoms with Gasteiger partial charge in [0.15, 0.2) is 0 Å². The second-order valence-corrected chi connectivity index (χ2v) is 5.06. The lowest BCUT2D eigenvalue weighted by Gasteiger charge is -2.10. The van der Waals surface area contributed by atoms with Gasteiger partial charge in [0.25, 0.3) is 0 Å². The summed E-state index contributed by atoms with van der Waals surface area (Å²) in [6.45, 7) is 6.20. The maximum absolute atomic E-state index is 11.8. The first kappa shape index (κ1) is 17.2. The lowest BCUT2D eigenvalue weighted by Crippen LogP contribution is -2.36. The molecule has 0 aliphatic rings. The van der Waals surface area contributed by atoms with Crippen LogP contribution in [0.3, 0.4) is 0 Å². The normalized spacial score (nSPS) is 11.8. The van der Waals surface area contributed by atoms with Crippen LogP contribution in [-0.2, 0) is 16.0 Å². The minimum Gasteiger partial charge on any atom is -0.393 e. The molecule has 0 saturated carbocycles. The Labute approximate surface area is 125 Å². The van der Waals surface area contributed by atoms with Crippen molar-refractivity contribution in [3.8, 4) is 0 Å². The zero-order valence-electron chi connectivity index (χ0n) is 12.9. The number of hydrogen-bond acceptors (Lipinski definition) is 3. The molecule has 0 heterocycles. The van der Waals surface area contributed by atoms with Gasteiger partial charge in [-0.15, -0.1) is 0 Å². The van der Waals surface area contributed by atoms with Gasteiger partial charge in [0.05, 0.1) is 6.10 Å². The standard InChI is InChI=1S/C16H24N2O3/c1-4-12-10-13(7-6-11(12)3)18-16(21)15(20)17-9-8-14(19)5-2/h6-7,10,14,19H,4-5,8-9H2,1-3H3,(H,17,20)(H,18,21). The Kier molecular flexibility index (Phi) is 6.88. The summed E-state index contributed by atoms with van der Waals surface area (Å²) in [4.78, 5) is 23.4. The summed E-state index contributed by atoms with van der Waals surface area (Å²) in [6.07, 6.45) is 1.50. The van der Waals surface area contributed by atoms with E-state index < -0.39 is 17.9 Å². The number of aliphatic hydroxyl groups excluding tert-OH is 1. The Morgan fingerprint density at radius 2 is 1.95 bits per heavy atom. The molecule has 1 rings (SSSR count). The minimum absolute atomic E-state index is 0.287. The highest BCUT2D eigenvalue weighted by Gasteiger charge is 2.14. The maximum atomic E-state index is 11.8. The predicted octanol–water partition coefficient (Wildman–Crippen LogP) is 1.77. The molecule has 1 unspecified atom stereocenters. The van der Waals surface area contributed by atoms with Crippen LogP contribution < -0.4 is 10.6 Å². The van der Waals surface area contributed by atoms with Gasteiger partial charge in [-0.25, -0.2) is 0 Å². The highest BCUT2D eigenvalue weighted by molar-refractivity contribution is 6.39. The monoisotopic (exact) mass is 292 g/mol. The SMILES string of the molecule is CCc1cc(NC(=O)C(=O)NCCC(O)CC)ccc1C. The molecule has 1 aromatic carbocycles. The van der Waals surface area contributed by atoms with Gasteiger partial charge in [0.1, 0.15) is 0 Å². The van der Waals surface area contributed by atoms with Crippen molar-refractivity contribution >= 4 is 17.5 Å². The van der Waals surface area contributed by atoms with E-state index >= 15 is 0 Å². The van der Waals surface area contributed by atoms with E-state index in [2.05, 4.69) is 10.6 Å². The zero-order chi connectivity index (χ0) is 15.8. The third-order valence-electron chi connectivity index (χ3n) is 3.43. The smallest absolute Gasteiger partial charge is 0.313 e. The second kappa shape index (κ2) is 8.42. The molecule has 0 aliphatic carbocycles. The Morgan fingerprint density at radius 3 is 2.57 bits per heavy atom. The van der Waals surface area contributed by atoms with E-state index in [-0.39, 0.29) is 6.54 Å². The molecule has 21 heavy (non-hydrogen) atoms. The number of aryl methyl sites for hydroxylation is 2. The molecule has 0 spiro atoms. The summed E-state index contributed by atoms with van der Waals surface area (Å²) < 4.78 is 0. The summed E-state index contributed by atoms with van der Waals surface area (Å²) in [5, 5.41) is 14.5. The van der Waals surface area contributed by atoms with E-state index in [9.17, 15) is 14.7 Å². The first-order valence-electron chi connectivity index (χ1n) is 7.34. The first-order valence-corrected chi connectivity index (χ1v) is 7.34. The number of rotatable bonds is 6. The molecule has 0 aliphatic heterocycles. The summed E-state index contributed by atoms with van der Waals surface area (Å²) in [5.41, 5.74) is 2.92. The molecular formula is C16H24N2O3. The Hall–Kier alpha value is -1.88. The molecule has 0 saturated heterocycles. The fraction of sp³-hybridized carbons (Fsp3) is 0.500. The van der Waals surface area contributed by atoms with Crippen LogP contribution in [0.5, 0.6) is 0 Å². The van der Waals surface area contributed by atoms with E-state index in [1.807, 2.05) is 32.9 Å². The van der Waals surface area contributed by atoms with Crippen molar-refractivity contribution in [2.24, 2.45) is 0 Å². The van der Waals surface area contributed by atoms with E-state index in [0.29, 0.717) is 18.5 Å². The van der Waals surface area contributed by atoms with Crippen LogP contribution in [0, 0.1) is 6.92 Å². The zero-order valence-corrected chi connectivity index (χ0v) is 12.9. The highest BCUT2D eigenvalue weighted by atomic mass is 16.3. The van der Waals surface area contributed by atoms with E-state index in [0.717, 1.165) is 17.5 Å². The van der Waals surface area contributed by atoms with Crippen molar-refractivity contribution in [3.05, 3.63) is 29.3 Å². The fourth-order valence-corrected chi connectivity index (χ4v) is 1.95. The molecule has 3 N–H and O–H groups in total. The topological polar surface area (TPSA) is 78.4 Å². The van der Waals surface area contributed by atoms with Crippen molar-refractivity contribution in [1.82, 2.24) is 5.32 Å². The minimum atomic E-state index is -0.688. The van der Waals surface area contributed by atoms with Gasteiger partial charge < -0.3 is 15.7 Å². The van der Waals surface area contributed by atoms with Crippen LogP contribution in [0.15, 0.2) is 18.2 Å². The van der Waals surface area contributed by atoms with Gasteiger partial charge in [0.2, 0.25) is 0 Å². The van der Waals surface area contributed by atoms with Gasteiger partial charge in [-0.2, -0.15) is 0 Å². The van der Waals surface area contributed by atoms with E-state index in [1.54, 1.807) is 6.07 Å². The van der Waals surface area contributed by atoms with Crippen molar-refractivity contribution in [3.63, 3.8) is 0 Å². The molecular weight excluding hydrogens is 268 g/mol. The molecule has 5 nitrogen and oxygen atoms in total. The Bertz CT molecular complexity index is 500. The molecule has 0 radical (unpaired) electrons. The number of amides is 2. The molecule has 1 aromatic rings. The predicted molar refractivity (Wildman–Crippen MR) is 83.1 cm³/mol. The number of benzene rings is 1. The van der Waals surface area contributed by atoms with Crippen molar-refractivity contribution in [2.45, 2.75) is 46.1 Å². The van der Waals surface area contributed by atoms with Crippen LogP contribution in [0.25, 0.3) is 0 Å². The number of nitrogens with one attached hydrogen (secondary N) is 2. The fourth-order valence-electron chi connectivity index (χ4n) is 1.95. The quantitative estimate of drug-likeness (QED) is 0.699. The van der Waals surface area contributed by atoms with Crippen molar-refractivity contribution in [1.29, 1.82) is 0 Å². The number of hydrogen-bond donors (Lipinski definition) is 3. The van der Waals surface area contributed by atoms with E-state index in [1.165, 1.54) is 0 Å². The van der Waals surface area contributed by atoms with Crippen LogP contribution in [0.2, 0.25) is 0 Å². The summed E-state index contributed by atoms with van der Waals surface area (Å²) in [5.74, 6) is -1.37. The molecule has 2 amide bonds. The van der Waals surface area contributed by atoms with Gasteiger partial charge in [0, 0.05) is 12.2 Å². The Balaban J connectivity index is 2.50. The van der Waals surface area contributed by atoms with Gasteiger partial charge in [-0.1, -0.05) is 19.9 Å². The van der Waals surface area contributed by atoms with Crippen molar-refractivity contribution < 1.29 is 14.7 Å². The maximum Gasteiger partial charge on any atom is 0.313 e. The number of carbonyl (C=O) groups is 2. The summed E-state index contributed by atoms with van der Waals surface area (Å²) in [7, 11) is 0. The van der Waals surface area contributed by atoms with Gasteiger partial charge in [-0.05, 0) is 49.4 Å². The molecule has 1 atom stereocenters. The summed E-state index contributed by atoms with van der Waals surface area (Å²) >= 11 is 0. The van der Waals surface area contributed by atoms with Crippen LogP contribution in [0.4, 0.5) is 5.69 Å². The molecule has 5 heteroatoms. The third-order valence-corrected chi connectivity index (χ3v) is 3.43. The largest absolute Gasteiger partial charge is 0.393 e. The Morgan fingerprint density at radius 1 is 1.24 bits per heavy atom. The average Bonchev–Trinajstić information content (AvgIpc) is 2.48. The van der Waals surface area contributed by atoms with Gasteiger partial charge in [-0.3, -0.25) is 9.59 Å². The molecule has 0 aromatic heterocycles. The van der Waals surface area contributed by atoms with Crippen LogP contribution in [0.1, 0.15) is 37.8 Å². The molecule has 116 valence electrons. The molecule has 0 fully saturated rings. The number of aliphatic hydroxyl groups is 1. The second-order valence-electron chi connectivity index (χ2n) is 5.06.